The predicted molar refractivity (Wildman–Crippen MR) is 86.9 cm³/mol. The highest BCUT2D eigenvalue weighted by atomic mass is 16.3. The van der Waals surface area contributed by atoms with E-state index in [-0.39, 0.29) is 12.1 Å². The number of aliphatic hydroxyl groups is 1. The molecule has 4 heteroatoms. The minimum Gasteiger partial charge on any atom is -0.386 e. The fourth-order valence-electron chi connectivity index (χ4n) is 2.59. The topological polar surface area (TPSA) is 55.1 Å². The van der Waals surface area contributed by atoms with E-state index >= 15 is 0 Å². The highest BCUT2D eigenvalue weighted by molar-refractivity contribution is 5.83. The first-order chi connectivity index (χ1) is 10.6. The van der Waals surface area contributed by atoms with Gasteiger partial charge in [-0.1, -0.05) is 48.0 Å². The van der Waals surface area contributed by atoms with Crippen LogP contribution in [0.15, 0.2) is 53.3 Å². The minimum absolute atomic E-state index is 0.146. The molecule has 1 atom stereocenters. The third kappa shape index (κ3) is 2.65. The number of hydrogen-bond donors (Lipinski definition) is 1. The summed E-state index contributed by atoms with van der Waals surface area (Å²) in [6.45, 7) is 4.01. The Balaban J connectivity index is 1.99. The molecule has 4 nitrogen and oxygen atoms in total. The van der Waals surface area contributed by atoms with E-state index < -0.39 is 6.10 Å². The van der Waals surface area contributed by atoms with Gasteiger partial charge in [0.2, 0.25) is 0 Å². The van der Waals surface area contributed by atoms with Crippen LogP contribution in [0.5, 0.6) is 0 Å². The lowest BCUT2D eigenvalue weighted by atomic mass is 10.1. The number of fused-ring (bicyclic) bond motifs is 1. The number of aliphatic hydroxyl groups excluding tert-OH is 1. The van der Waals surface area contributed by atoms with Crippen molar-refractivity contribution in [2.45, 2.75) is 26.5 Å². The molecule has 0 amide bonds. The van der Waals surface area contributed by atoms with Crippen molar-refractivity contribution in [1.29, 1.82) is 0 Å². The van der Waals surface area contributed by atoms with Crippen molar-refractivity contribution in [2.75, 3.05) is 0 Å². The van der Waals surface area contributed by atoms with Crippen LogP contribution in [0.2, 0.25) is 0 Å². The normalized spacial score (nSPS) is 12.5. The van der Waals surface area contributed by atoms with Gasteiger partial charge in [0.1, 0.15) is 0 Å². The molecule has 22 heavy (non-hydrogen) atoms. The van der Waals surface area contributed by atoms with Gasteiger partial charge in [0, 0.05) is 5.39 Å². The third-order valence-electron chi connectivity index (χ3n) is 3.86. The third-order valence-corrected chi connectivity index (χ3v) is 3.86. The SMILES string of the molecule is Cc1ccc(C(O)Cn2nc(C)c3ccccc3c2=O)cc1. The van der Waals surface area contributed by atoms with Gasteiger partial charge in [-0.2, -0.15) is 5.10 Å². The van der Waals surface area contributed by atoms with Crippen molar-refractivity contribution in [3.63, 3.8) is 0 Å². The van der Waals surface area contributed by atoms with E-state index in [9.17, 15) is 9.90 Å². The van der Waals surface area contributed by atoms with Crippen LogP contribution in [0.1, 0.15) is 22.9 Å². The average Bonchev–Trinajstić information content (AvgIpc) is 2.53. The summed E-state index contributed by atoms with van der Waals surface area (Å²) in [6, 6.07) is 15.0. The number of aryl methyl sites for hydroxylation is 2. The lowest BCUT2D eigenvalue weighted by Crippen LogP contribution is -2.26. The fraction of sp³-hybridized carbons (Fsp3) is 0.222. The van der Waals surface area contributed by atoms with Gasteiger partial charge >= 0.3 is 0 Å². The van der Waals surface area contributed by atoms with Gasteiger partial charge in [-0.3, -0.25) is 4.79 Å². The molecule has 0 saturated heterocycles. The Kier molecular flexibility index (Phi) is 3.77. The number of hydrogen-bond acceptors (Lipinski definition) is 3. The van der Waals surface area contributed by atoms with Crippen LogP contribution in [0, 0.1) is 13.8 Å². The van der Waals surface area contributed by atoms with Gasteiger partial charge in [0.05, 0.1) is 23.7 Å². The summed E-state index contributed by atoms with van der Waals surface area (Å²) in [5, 5.41) is 16.2. The molecule has 3 aromatic rings. The zero-order valence-electron chi connectivity index (χ0n) is 12.7. The van der Waals surface area contributed by atoms with Crippen molar-refractivity contribution in [1.82, 2.24) is 9.78 Å². The molecule has 1 heterocycles. The van der Waals surface area contributed by atoms with E-state index in [0.29, 0.717) is 5.39 Å². The summed E-state index contributed by atoms with van der Waals surface area (Å²) < 4.78 is 1.35. The molecule has 1 unspecified atom stereocenters. The first kappa shape index (κ1) is 14.5. The molecule has 0 fully saturated rings. The van der Waals surface area contributed by atoms with Gasteiger partial charge < -0.3 is 5.11 Å². The fourth-order valence-corrected chi connectivity index (χ4v) is 2.59. The Bertz CT molecular complexity index is 866. The van der Waals surface area contributed by atoms with Gasteiger partial charge in [-0.05, 0) is 25.5 Å². The Labute approximate surface area is 128 Å². The number of aromatic nitrogens is 2. The molecule has 112 valence electrons. The molecule has 3 rings (SSSR count). The second-order valence-corrected chi connectivity index (χ2v) is 5.54. The van der Waals surface area contributed by atoms with E-state index in [1.807, 2.05) is 56.3 Å². The van der Waals surface area contributed by atoms with Crippen LogP contribution in [0.25, 0.3) is 10.8 Å². The molecule has 1 N–H and O–H groups in total. The summed E-state index contributed by atoms with van der Waals surface area (Å²) in [7, 11) is 0. The van der Waals surface area contributed by atoms with Crippen molar-refractivity contribution < 1.29 is 5.11 Å². The minimum atomic E-state index is -0.758. The van der Waals surface area contributed by atoms with Crippen molar-refractivity contribution in [3.8, 4) is 0 Å². The van der Waals surface area contributed by atoms with E-state index in [1.165, 1.54) is 4.68 Å². The van der Waals surface area contributed by atoms with Crippen LogP contribution in [0.3, 0.4) is 0 Å². The van der Waals surface area contributed by atoms with E-state index in [1.54, 1.807) is 6.07 Å². The number of benzene rings is 2. The maximum atomic E-state index is 12.5. The Morgan fingerprint density at radius 1 is 1.05 bits per heavy atom. The highest BCUT2D eigenvalue weighted by Gasteiger charge is 2.13. The van der Waals surface area contributed by atoms with Gasteiger partial charge in [0.15, 0.2) is 0 Å². The molecule has 0 saturated carbocycles. The quantitative estimate of drug-likeness (QED) is 0.808. The van der Waals surface area contributed by atoms with Crippen molar-refractivity contribution >= 4 is 10.8 Å². The predicted octanol–water partition coefficient (Wildman–Crippen LogP) is 2.75. The van der Waals surface area contributed by atoms with Crippen molar-refractivity contribution in [3.05, 3.63) is 75.7 Å². The Morgan fingerprint density at radius 2 is 1.68 bits per heavy atom. The van der Waals surface area contributed by atoms with Crippen LogP contribution >= 0.6 is 0 Å². The summed E-state index contributed by atoms with van der Waals surface area (Å²) in [5.41, 5.74) is 2.52. The monoisotopic (exact) mass is 294 g/mol. The first-order valence-electron chi connectivity index (χ1n) is 7.27. The summed E-state index contributed by atoms with van der Waals surface area (Å²) in [6.07, 6.45) is -0.758. The molecule has 0 aliphatic carbocycles. The highest BCUT2D eigenvalue weighted by Crippen LogP contribution is 2.16. The summed E-state index contributed by atoms with van der Waals surface area (Å²) in [4.78, 5) is 12.5. The zero-order chi connectivity index (χ0) is 15.7. The van der Waals surface area contributed by atoms with Crippen LogP contribution in [-0.4, -0.2) is 14.9 Å². The van der Waals surface area contributed by atoms with Gasteiger partial charge in [-0.25, -0.2) is 4.68 Å². The number of rotatable bonds is 3. The molecule has 0 aliphatic heterocycles. The molecule has 1 aromatic heterocycles. The van der Waals surface area contributed by atoms with Crippen LogP contribution in [0.4, 0.5) is 0 Å². The van der Waals surface area contributed by atoms with E-state index in [0.717, 1.165) is 22.2 Å². The Morgan fingerprint density at radius 3 is 2.36 bits per heavy atom. The lowest BCUT2D eigenvalue weighted by Gasteiger charge is -2.14. The largest absolute Gasteiger partial charge is 0.386 e. The second-order valence-electron chi connectivity index (χ2n) is 5.54. The van der Waals surface area contributed by atoms with Gasteiger partial charge in [0.25, 0.3) is 5.56 Å². The summed E-state index contributed by atoms with van der Waals surface area (Å²) >= 11 is 0. The molecule has 2 aromatic carbocycles. The standard InChI is InChI=1S/C18H18N2O2/c1-12-7-9-14(10-8-12)17(21)11-20-18(22)16-6-4-3-5-15(16)13(2)19-20/h3-10,17,21H,11H2,1-2H3. The summed E-state index contributed by atoms with van der Waals surface area (Å²) in [5.74, 6) is 0. The molecular formula is C18H18N2O2. The maximum absolute atomic E-state index is 12.5. The van der Waals surface area contributed by atoms with E-state index in [2.05, 4.69) is 5.10 Å². The van der Waals surface area contributed by atoms with E-state index in [4.69, 9.17) is 0 Å². The number of nitrogens with zero attached hydrogens (tertiary/aromatic N) is 2. The van der Waals surface area contributed by atoms with Crippen molar-refractivity contribution in [2.24, 2.45) is 0 Å². The molecular weight excluding hydrogens is 276 g/mol. The molecule has 0 bridgehead atoms. The zero-order valence-corrected chi connectivity index (χ0v) is 12.7. The molecule has 0 radical (unpaired) electrons. The second kappa shape index (κ2) is 5.73. The molecule has 0 aliphatic rings. The maximum Gasteiger partial charge on any atom is 0.274 e. The first-order valence-corrected chi connectivity index (χ1v) is 7.27. The Hall–Kier alpha value is -2.46. The lowest BCUT2D eigenvalue weighted by molar-refractivity contribution is 0.149. The molecule has 0 spiro atoms. The van der Waals surface area contributed by atoms with Gasteiger partial charge in [-0.15, -0.1) is 0 Å². The van der Waals surface area contributed by atoms with Crippen LogP contribution in [-0.2, 0) is 6.54 Å². The average molecular weight is 294 g/mol. The smallest absolute Gasteiger partial charge is 0.274 e. The van der Waals surface area contributed by atoms with Crippen LogP contribution < -0.4 is 5.56 Å².